The zero-order valence-electron chi connectivity index (χ0n) is 16.2. The van der Waals surface area contributed by atoms with E-state index in [0.717, 1.165) is 21.7 Å². The number of likely N-dealkylation sites (N-methyl/N-ethyl adjacent to an activating group) is 1. The molecule has 29 heavy (non-hydrogen) atoms. The van der Waals surface area contributed by atoms with Crippen LogP contribution in [-0.2, 0) is 16.1 Å². The Kier molecular flexibility index (Phi) is 5.65. The van der Waals surface area contributed by atoms with Crippen LogP contribution in [0.15, 0.2) is 70.5 Å². The Bertz CT molecular complexity index is 1090. The lowest BCUT2D eigenvalue weighted by molar-refractivity contribution is -0.413. The highest BCUT2D eigenvalue weighted by Crippen LogP contribution is 2.33. The second-order valence-electron chi connectivity index (χ2n) is 6.97. The summed E-state index contributed by atoms with van der Waals surface area (Å²) in [4.78, 5) is 27.2. The van der Waals surface area contributed by atoms with Gasteiger partial charge in [0.15, 0.2) is 0 Å². The van der Waals surface area contributed by atoms with Gasteiger partial charge in [0.25, 0.3) is 5.91 Å². The Hall–Kier alpha value is -2.70. The maximum Gasteiger partial charge on any atom is 0.425 e. The first-order valence-electron chi connectivity index (χ1n) is 9.31. The predicted molar refractivity (Wildman–Crippen MR) is 120 cm³/mol. The summed E-state index contributed by atoms with van der Waals surface area (Å²) < 4.78 is 1.65. The Labute approximate surface area is 178 Å². The second-order valence-corrected chi connectivity index (χ2v) is 9.19. The molecule has 0 bridgehead atoms. The van der Waals surface area contributed by atoms with E-state index in [9.17, 15) is 9.59 Å². The quantitative estimate of drug-likeness (QED) is 0.601. The highest BCUT2D eigenvalue weighted by molar-refractivity contribution is 8.05. The van der Waals surface area contributed by atoms with Crippen molar-refractivity contribution in [3.63, 3.8) is 0 Å². The molecule has 4 rings (SSSR count). The smallest absolute Gasteiger partial charge is 0.347 e. The van der Waals surface area contributed by atoms with Crippen molar-refractivity contribution in [2.45, 2.75) is 18.7 Å². The number of fused-ring (bicyclic) bond motifs is 1. The SMILES string of the molecule is Cc1cccc(/C=C2\SC3C=CC(C(=O)NCc4cccs4)=CC3=[N+](C)C2=O)c1. The monoisotopic (exact) mass is 421 g/mol. The molecule has 2 aliphatic rings. The number of nitrogens with one attached hydrogen (secondary N) is 1. The summed E-state index contributed by atoms with van der Waals surface area (Å²) in [5.41, 5.74) is 3.58. The van der Waals surface area contributed by atoms with Gasteiger partial charge in [-0.15, -0.1) is 11.3 Å². The third-order valence-corrected chi connectivity index (χ3v) is 6.88. The van der Waals surface area contributed by atoms with Gasteiger partial charge in [0.2, 0.25) is 5.71 Å². The topological polar surface area (TPSA) is 49.2 Å². The zero-order valence-corrected chi connectivity index (χ0v) is 17.8. The van der Waals surface area contributed by atoms with E-state index in [-0.39, 0.29) is 17.1 Å². The van der Waals surface area contributed by atoms with Crippen LogP contribution in [0.25, 0.3) is 6.08 Å². The van der Waals surface area contributed by atoms with Crippen molar-refractivity contribution in [3.8, 4) is 0 Å². The van der Waals surface area contributed by atoms with Gasteiger partial charge in [-0.1, -0.05) is 59.8 Å². The van der Waals surface area contributed by atoms with E-state index in [1.807, 2.05) is 66.9 Å². The van der Waals surface area contributed by atoms with E-state index in [4.69, 9.17) is 0 Å². The normalized spacial score (nSPS) is 19.9. The molecule has 0 spiro atoms. The first kappa shape index (κ1) is 19.6. The Morgan fingerprint density at radius 1 is 1.28 bits per heavy atom. The summed E-state index contributed by atoms with van der Waals surface area (Å²) >= 11 is 3.14. The molecule has 6 heteroatoms. The van der Waals surface area contributed by atoms with E-state index in [1.54, 1.807) is 23.0 Å². The molecule has 1 unspecified atom stereocenters. The molecule has 2 amide bonds. The number of hydrogen-bond donors (Lipinski definition) is 1. The van der Waals surface area contributed by atoms with Gasteiger partial charge in [0, 0.05) is 16.5 Å². The summed E-state index contributed by atoms with van der Waals surface area (Å²) in [6.45, 7) is 2.54. The van der Waals surface area contributed by atoms with Crippen LogP contribution in [-0.4, -0.2) is 34.4 Å². The number of amides is 2. The third-order valence-electron chi connectivity index (χ3n) is 4.81. The van der Waals surface area contributed by atoms with Gasteiger partial charge in [-0.3, -0.25) is 4.79 Å². The van der Waals surface area contributed by atoms with Crippen molar-refractivity contribution in [3.05, 3.63) is 86.5 Å². The number of benzene rings is 1. The average Bonchev–Trinajstić information content (AvgIpc) is 3.23. The minimum Gasteiger partial charge on any atom is -0.347 e. The molecule has 146 valence electrons. The molecular weight excluding hydrogens is 400 g/mol. The Morgan fingerprint density at radius 3 is 2.90 bits per heavy atom. The van der Waals surface area contributed by atoms with Crippen molar-refractivity contribution < 1.29 is 14.2 Å². The minimum absolute atomic E-state index is 0.0163. The lowest BCUT2D eigenvalue weighted by atomic mass is 10.0. The number of nitrogens with zero attached hydrogens (tertiary/aromatic N) is 1. The fourth-order valence-electron chi connectivity index (χ4n) is 3.27. The molecule has 2 aromatic rings. The standard InChI is InChI=1S/C23H20N2O2S2/c1-15-5-3-6-16(11-15)12-21-23(27)25(2)19-13-17(8-9-20(19)29-21)22(26)24-14-18-7-4-10-28-18/h3-13,20H,14H2,1-2H3/p+1/b21-12-. The van der Waals surface area contributed by atoms with Crippen molar-refractivity contribution in [1.29, 1.82) is 0 Å². The molecule has 1 N–H and O–H groups in total. The van der Waals surface area contributed by atoms with E-state index in [2.05, 4.69) is 11.4 Å². The van der Waals surface area contributed by atoms with Crippen LogP contribution in [0, 0.1) is 6.92 Å². The molecule has 0 fully saturated rings. The lowest BCUT2D eigenvalue weighted by Gasteiger charge is -2.21. The average molecular weight is 422 g/mol. The summed E-state index contributed by atoms with van der Waals surface area (Å²) in [6.07, 6.45) is 7.60. The van der Waals surface area contributed by atoms with Crippen LogP contribution >= 0.6 is 23.1 Å². The fourth-order valence-corrected chi connectivity index (χ4v) is 5.13. The van der Waals surface area contributed by atoms with Gasteiger partial charge >= 0.3 is 5.91 Å². The Morgan fingerprint density at radius 2 is 2.14 bits per heavy atom. The number of hydrogen-bond acceptors (Lipinski definition) is 4. The maximum absolute atomic E-state index is 12.9. The van der Waals surface area contributed by atoms with Crippen LogP contribution in [0.2, 0.25) is 0 Å². The first-order valence-corrected chi connectivity index (χ1v) is 11.1. The summed E-state index contributed by atoms with van der Waals surface area (Å²) in [5.74, 6) is -0.180. The fraction of sp³-hybridized carbons (Fsp3) is 0.174. The molecule has 2 heterocycles. The van der Waals surface area contributed by atoms with Crippen LogP contribution in [0.5, 0.6) is 0 Å². The largest absolute Gasteiger partial charge is 0.425 e. The van der Waals surface area contributed by atoms with E-state index in [1.165, 1.54) is 11.8 Å². The molecular formula is C23H21N2O2S2+. The highest BCUT2D eigenvalue weighted by Gasteiger charge is 2.37. The van der Waals surface area contributed by atoms with Gasteiger partial charge < -0.3 is 5.32 Å². The van der Waals surface area contributed by atoms with Gasteiger partial charge in [-0.2, -0.15) is 4.58 Å². The molecule has 1 aromatic carbocycles. The summed E-state index contributed by atoms with van der Waals surface area (Å²) in [7, 11) is 1.77. The number of rotatable bonds is 4. The van der Waals surface area contributed by atoms with Crippen LogP contribution in [0.4, 0.5) is 0 Å². The van der Waals surface area contributed by atoms with Crippen LogP contribution in [0.3, 0.4) is 0 Å². The summed E-state index contributed by atoms with van der Waals surface area (Å²) in [5, 5.41) is 4.95. The van der Waals surface area contributed by atoms with E-state index < -0.39 is 0 Å². The molecule has 1 aliphatic heterocycles. The lowest BCUT2D eigenvalue weighted by Crippen LogP contribution is -2.37. The Balaban J connectivity index is 1.55. The van der Waals surface area contributed by atoms with Crippen molar-refractivity contribution in [2.24, 2.45) is 0 Å². The number of allylic oxidation sites excluding steroid dienone is 1. The van der Waals surface area contributed by atoms with Crippen LogP contribution < -0.4 is 5.32 Å². The maximum atomic E-state index is 12.9. The molecule has 0 saturated carbocycles. The van der Waals surface area contributed by atoms with Crippen molar-refractivity contribution in [2.75, 3.05) is 7.05 Å². The summed E-state index contributed by atoms with van der Waals surface area (Å²) in [6, 6.07) is 12.1. The van der Waals surface area contributed by atoms with Gasteiger partial charge in [-0.25, -0.2) is 4.79 Å². The van der Waals surface area contributed by atoms with Gasteiger partial charge in [-0.05, 0) is 30.0 Å². The molecule has 1 aliphatic carbocycles. The highest BCUT2D eigenvalue weighted by atomic mass is 32.2. The van der Waals surface area contributed by atoms with Gasteiger partial charge in [0.05, 0.1) is 6.54 Å². The molecule has 0 saturated heterocycles. The molecule has 1 aromatic heterocycles. The number of thioether (sulfide) groups is 1. The third kappa shape index (κ3) is 4.33. The van der Waals surface area contributed by atoms with Crippen LogP contribution in [0.1, 0.15) is 16.0 Å². The second kappa shape index (κ2) is 8.35. The van der Waals surface area contributed by atoms with E-state index >= 15 is 0 Å². The molecule has 1 atom stereocenters. The number of aryl methyl sites for hydroxylation is 1. The number of carbonyl (C=O) groups excluding carboxylic acids is 2. The number of carbonyl (C=O) groups is 2. The molecule has 0 radical (unpaired) electrons. The van der Waals surface area contributed by atoms with Crippen molar-refractivity contribution in [1.82, 2.24) is 5.32 Å². The van der Waals surface area contributed by atoms with E-state index in [0.29, 0.717) is 17.0 Å². The number of thiophene rings is 1. The first-order chi connectivity index (χ1) is 14.0. The zero-order chi connectivity index (χ0) is 20.4. The van der Waals surface area contributed by atoms with Crippen molar-refractivity contribution >= 4 is 46.7 Å². The minimum atomic E-state index is -0.132. The predicted octanol–water partition coefficient (Wildman–Crippen LogP) is 3.94. The molecule has 4 nitrogen and oxygen atoms in total. The van der Waals surface area contributed by atoms with Gasteiger partial charge in [0.1, 0.15) is 17.2 Å².